The van der Waals surface area contributed by atoms with Gasteiger partial charge in [0, 0.05) is 19.7 Å². The topological polar surface area (TPSA) is 83.6 Å². The van der Waals surface area contributed by atoms with Gasteiger partial charge in [-0.1, -0.05) is 103 Å². The predicted octanol–water partition coefficient (Wildman–Crippen LogP) is 4.85. The van der Waals surface area contributed by atoms with Crippen molar-refractivity contribution in [3.63, 3.8) is 0 Å². The first-order chi connectivity index (χ1) is 20.9. The van der Waals surface area contributed by atoms with Crippen LogP contribution in [0.4, 0.5) is 4.79 Å². The number of ketones is 1. The van der Waals surface area contributed by atoms with Gasteiger partial charge in [-0.25, -0.2) is 13.9 Å². The van der Waals surface area contributed by atoms with E-state index in [0.717, 1.165) is 26.4 Å². The van der Waals surface area contributed by atoms with Crippen molar-refractivity contribution in [1.29, 1.82) is 0 Å². The number of benzene rings is 4. The van der Waals surface area contributed by atoms with Crippen molar-refractivity contribution in [3.8, 4) is 0 Å². The van der Waals surface area contributed by atoms with Crippen LogP contribution in [0.5, 0.6) is 0 Å². The molecule has 0 aliphatic carbocycles. The number of aromatic nitrogens is 2. The minimum absolute atomic E-state index is 0.230. The van der Waals surface area contributed by atoms with Gasteiger partial charge in [0.2, 0.25) is 18.1 Å². The maximum atomic E-state index is 14.5. The second-order valence-corrected chi connectivity index (χ2v) is 10.8. The van der Waals surface area contributed by atoms with Crippen LogP contribution in [0.15, 0.2) is 122 Å². The minimum atomic E-state index is -1.34. The van der Waals surface area contributed by atoms with Crippen LogP contribution in [0.3, 0.4) is 0 Å². The van der Waals surface area contributed by atoms with Crippen molar-refractivity contribution in [1.82, 2.24) is 14.4 Å². The van der Waals surface area contributed by atoms with Crippen LogP contribution < -0.4 is 4.57 Å². The van der Waals surface area contributed by atoms with Crippen molar-refractivity contribution in [2.24, 2.45) is 5.92 Å². The van der Waals surface area contributed by atoms with E-state index in [4.69, 9.17) is 0 Å². The number of para-hydroxylation sites is 2. The molecule has 2 heterocycles. The van der Waals surface area contributed by atoms with Crippen molar-refractivity contribution in [2.45, 2.75) is 18.5 Å². The van der Waals surface area contributed by atoms with Crippen LogP contribution in [-0.2, 0) is 16.1 Å². The zero-order chi connectivity index (χ0) is 30.1. The third-order valence-corrected chi connectivity index (χ3v) is 8.20. The smallest absolute Gasteiger partial charge is 0.293 e. The summed E-state index contributed by atoms with van der Waals surface area (Å²) in [6.07, 6.45) is 1.88. The van der Waals surface area contributed by atoms with Crippen molar-refractivity contribution in [2.75, 3.05) is 14.1 Å². The summed E-state index contributed by atoms with van der Waals surface area (Å²) in [4.78, 5) is 57.2. The Morgan fingerprint density at radius 1 is 0.721 bits per heavy atom. The van der Waals surface area contributed by atoms with E-state index in [1.54, 1.807) is 24.3 Å². The van der Waals surface area contributed by atoms with Crippen LogP contribution in [0.2, 0.25) is 0 Å². The molecule has 8 heteroatoms. The molecule has 0 spiro atoms. The summed E-state index contributed by atoms with van der Waals surface area (Å²) in [7, 11) is 2.75. The molecule has 1 saturated heterocycles. The maximum Gasteiger partial charge on any atom is 0.332 e. The normalized spacial score (nSPS) is 15.6. The van der Waals surface area contributed by atoms with E-state index in [0.29, 0.717) is 17.7 Å². The first kappa shape index (κ1) is 27.8. The van der Waals surface area contributed by atoms with Crippen molar-refractivity contribution in [3.05, 3.63) is 138 Å². The Kier molecular flexibility index (Phi) is 7.42. The minimum Gasteiger partial charge on any atom is -0.293 e. The first-order valence-corrected chi connectivity index (χ1v) is 14.1. The number of rotatable bonds is 8. The number of carbonyl (C=O) groups excluding carboxylic acids is 4. The molecule has 1 aromatic heterocycles. The molecule has 2 unspecified atom stereocenters. The van der Waals surface area contributed by atoms with Crippen LogP contribution in [0, 0.1) is 5.92 Å². The van der Waals surface area contributed by atoms with Gasteiger partial charge in [0.1, 0.15) is 12.6 Å². The van der Waals surface area contributed by atoms with Crippen molar-refractivity contribution >= 4 is 34.7 Å². The summed E-state index contributed by atoms with van der Waals surface area (Å²) >= 11 is 0. The van der Waals surface area contributed by atoms with Gasteiger partial charge in [0.05, 0.1) is 5.92 Å². The van der Waals surface area contributed by atoms with E-state index >= 15 is 0 Å². The zero-order valence-electron chi connectivity index (χ0n) is 23.9. The number of barbiturate groups is 1. The standard InChI is InChI=1S/C35H31N4O4/c1-36-33(41)30(34(42)37(2)35(36)43)31(29(25-16-8-4-9-17-25)32(40)26-18-10-5-11-19-26)39-23-38(22-24-14-6-3-7-15-24)27-20-12-13-21-28(27)39/h3-21,23,29-31H,22H2,1-2H3/q+1. The number of amides is 4. The van der Waals surface area contributed by atoms with Gasteiger partial charge in [-0.2, -0.15) is 0 Å². The summed E-state index contributed by atoms with van der Waals surface area (Å²) in [6, 6.07) is 34.2. The second kappa shape index (κ2) is 11.5. The average molecular weight is 572 g/mol. The van der Waals surface area contributed by atoms with Crippen LogP contribution in [-0.4, -0.2) is 52.1 Å². The van der Waals surface area contributed by atoms with E-state index in [1.807, 2.05) is 102 Å². The largest absolute Gasteiger partial charge is 0.332 e. The van der Waals surface area contributed by atoms with E-state index in [1.165, 1.54) is 14.1 Å². The highest BCUT2D eigenvalue weighted by Crippen LogP contribution is 2.41. The number of hydrogen-bond donors (Lipinski definition) is 0. The Bertz CT molecular complexity index is 1790. The molecule has 1 aliphatic rings. The van der Waals surface area contributed by atoms with Gasteiger partial charge in [0.15, 0.2) is 22.7 Å². The Labute approximate surface area is 249 Å². The van der Waals surface area contributed by atoms with Gasteiger partial charge >= 0.3 is 6.03 Å². The highest BCUT2D eigenvalue weighted by atomic mass is 16.2. The summed E-state index contributed by atoms with van der Waals surface area (Å²) in [5.41, 5.74) is 3.83. The fourth-order valence-electron chi connectivity index (χ4n) is 6.03. The molecule has 4 amide bonds. The molecule has 0 bridgehead atoms. The van der Waals surface area contributed by atoms with Gasteiger partial charge in [-0.15, -0.1) is 0 Å². The van der Waals surface area contributed by atoms with E-state index in [-0.39, 0.29) is 5.78 Å². The molecule has 2 atom stereocenters. The Hall–Kier alpha value is -5.37. The number of hydrogen-bond acceptors (Lipinski definition) is 4. The molecule has 6 rings (SSSR count). The number of carbonyl (C=O) groups is 4. The van der Waals surface area contributed by atoms with E-state index < -0.39 is 35.7 Å². The summed E-state index contributed by atoms with van der Waals surface area (Å²) < 4.78 is 3.94. The van der Waals surface area contributed by atoms with Crippen LogP contribution in [0.25, 0.3) is 11.0 Å². The molecule has 8 nitrogen and oxygen atoms in total. The van der Waals surface area contributed by atoms with Crippen LogP contribution in [0.1, 0.15) is 33.4 Å². The lowest BCUT2D eigenvalue weighted by molar-refractivity contribution is -0.663. The van der Waals surface area contributed by atoms with Gasteiger partial charge in [0.25, 0.3) is 0 Å². The molecule has 214 valence electrons. The SMILES string of the molecule is CN1C(=O)C(C(C(C(=O)c2ccccc2)c2ccccc2)n2c[n+](Cc3ccccc3)c3ccccc32)C(=O)N(C)C1=O. The average Bonchev–Trinajstić information content (AvgIpc) is 3.41. The molecule has 1 fully saturated rings. The Morgan fingerprint density at radius 2 is 1.26 bits per heavy atom. The van der Waals surface area contributed by atoms with Gasteiger partial charge < -0.3 is 0 Å². The molecule has 0 saturated carbocycles. The maximum absolute atomic E-state index is 14.5. The number of Topliss-reactive ketones (excluding diaryl/α,β-unsaturated/α-hetero) is 1. The third-order valence-electron chi connectivity index (χ3n) is 8.20. The van der Waals surface area contributed by atoms with Gasteiger partial charge in [-0.05, 0) is 23.3 Å². The van der Waals surface area contributed by atoms with Crippen molar-refractivity contribution < 1.29 is 23.7 Å². The molecule has 1 aliphatic heterocycles. The molecular weight excluding hydrogens is 540 g/mol. The summed E-state index contributed by atoms with van der Waals surface area (Å²) in [6.45, 7) is 0.536. The van der Waals surface area contributed by atoms with Gasteiger partial charge in [-0.3, -0.25) is 24.2 Å². The Morgan fingerprint density at radius 3 is 1.88 bits per heavy atom. The second-order valence-electron chi connectivity index (χ2n) is 10.8. The number of urea groups is 1. The first-order valence-electron chi connectivity index (χ1n) is 14.1. The lowest BCUT2D eigenvalue weighted by Gasteiger charge is -2.37. The number of nitrogens with zero attached hydrogens (tertiary/aromatic N) is 4. The fraction of sp³-hybridized carbons (Fsp3) is 0.171. The Balaban J connectivity index is 1.62. The third kappa shape index (κ3) is 5.01. The summed E-state index contributed by atoms with van der Waals surface area (Å²) in [5.74, 6) is -3.80. The van der Waals surface area contributed by atoms with E-state index in [9.17, 15) is 19.2 Å². The predicted molar refractivity (Wildman–Crippen MR) is 161 cm³/mol. The fourth-order valence-corrected chi connectivity index (χ4v) is 6.03. The molecule has 5 aromatic rings. The lowest BCUT2D eigenvalue weighted by atomic mass is 9.77. The number of imide groups is 2. The number of fused-ring (bicyclic) bond motifs is 1. The zero-order valence-corrected chi connectivity index (χ0v) is 23.9. The molecule has 43 heavy (non-hydrogen) atoms. The van der Waals surface area contributed by atoms with E-state index in [2.05, 4.69) is 4.57 Å². The highest BCUT2D eigenvalue weighted by Gasteiger charge is 2.54. The quantitative estimate of drug-likeness (QED) is 0.151. The lowest BCUT2D eigenvalue weighted by Crippen LogP contribution is -2.59. The molecular formula is C35H31N4O4+. The monoisotopic (exact) mass is 571 g/mol. The molecule has 0 N–H and O–H groups in total. The number of imidazole rings is 1. The molecule has 0 radical (unpaired) electrons. The summed E-state index contributed by atoms with van der Waals surface area (Å²) in [5, 5.41) is 0. The van der Waals surface area contributed by atoms with Crippen LogP contribution >= 0.6 is 0 Å². The molecule has 4 aromatic carbocycles. The highest BCUT2D eigenvalue weighted by molar-refractivity contribution is 6.16.